The number of carboxylic acids is 1. The molecule has 0 heterocycles. The van der Waals surface area contributed by atoms with Gasteiger partial charge in [0.15, 0.2) is 0 Å². The molecule has 0 aliphatic heterocycles. The summed E-state index contributed by atoms with van der Waals surface area (Å²) in [5.41, 5.74) is 1.04. The van der Waals surface area contributed by atoms with Gasteiger partial charge in [0, 0.05) is 11.3 Å². The molecule has 0 saturated carbocycles. The lowest BCUT2D eigenvalue weighted by Gasteiger charge is -2.19. The highest BCUT2D eigenvalue weighted by Gasteiger charge is 2.29. The highest BCUT2D eigenvalue weighted by Crippen LogP contribution is 2.24. The summed E-state index contributed by atoms with van der Waals surface area (Å²) in [7, 11) is 0. The molecule has 1 amide bonds. The van der Waals surface area contributed by atoms with Crippen molar-refractivity contribution < 1.29 is 14.7 Å². The summed E-state index contributed by atoms with van der Waals surface area (Å²) in [6.45, 7) is 6.82. The number of rotatable bonds is 4. The predicted molar refractivity (Wildman–Crippen MR) is 75.2 cm³/mol. The number of hydrogen-bond acceptors (Lipinski definition) is 2. The molecule has 0 spiro atoms. The number of anilines is 1. The molecule has 0 aliphatic rings. The maximum atomic E-state index is 11.7. The van der Waals surface area contributed by atoms with Crippen LogP contribution in [0.5, 0.6) is 0 Å². The summed E-state index contributed by atoms with van der Waals surface area (Å²) in [5.74, 6) is -1.04. The van der Waals surface area contributed by atoms with E-state index in [2.05, 4.69) is 5.32 Å². The van der Waals surface area contributed by atoms with Crippen molar-refractivity contribution in [3.63, 3.8) is 0 Å². The first-order chi connectivity index (χ1) is 8.78. The van der Waals surface area contributed by atoms with Crippen LogP contribution in [0.3, 0.4) is 0 Å². The maximum absolute atomic E-state index is 11.7. The molecule has 0 aromatic heterocycles. The Labute approximate surface area is 113 Å². The van der Waals surface area contributed by atoms with E-state index in [0.29, 0.717) is 16.8 Å². The van der Waals surface area contributed by atoms with E-state index in [1.807, 2.05) is 0 Å². The molecule has 0 saturated heterocycles. The largest absolute Gasteiger partial charge is 0.481 e. The summed E-state index contributed by atoms with van der Waals surface area (Å²) >= 11 is 0. The number of aliphatic carboxylic acids is 1. The molecule has 1 rings (SSSR count). The molecule has 0 radical (unpaired) electrons. The van der Waals surface area contributed by atoms with Gasteiger partial charge in [0.1, 0.15) is 0 Å². The average Bonchev–Trinajstić information content (AvgIpc) is 2.38. The third kappa shape index (κ3) is 3.44. The van der Waals surface area contributed by atoms with Gasteiger partial charge in [-0.2, -0.15) is 0 Å². The molecule has 102 valence electrons. The van der Waals surface area contributed by atoms with Crippen LogP contribution in [0, 0.1) is 0 Å². The van der Waals surface area contributed by atoms with Crippen LogP contribution in [-0.4, -0.2) is 17.0 Å². The van der Waals surface area contributed by atoms with Gasteiger partial charge >= 0.3 is 5.97 Å². The van der Waals surface area contributed by atoms with Crippen LogP contribution in [0.25, 0.3) is 0 Å². The normalized spacial score (nSPS) is 12.1. The zero-order valence-corrected chi connectivity index (χ0v) is 11.7. The topological polar surface area (TPSA) is 66.4 Å². The Kier molecular flexibility index (Phi) is 4.48. The van der Waals surface area contributed by atoms with Crippen molar-refractivity contribution in [1.29, 1.82) is 0 Å². The first-order valence-corrected chi connectivity index (χ1v) is 6.07. The summed E-state index contributed by atoms with van der Waals surface area (Å²) in [4.78, 5) is 22.8. The number of carbonyl (C=O) groups is 2. The van der Waals surface area contributed by atoms with E-state index in [1.165, 1.54) is 0 Å². The monoisotopic (exact) mass is 261 g/mol. The Morgan fingerprint density at radius 3 is 2.16 bits per heavy atom. The summed E-state index contributed by atoms with van der Waals surface area (Å²) in [5, 5.41) is 11.9. The minimum absolute atomic E-state index is 0.159. The Morgan fingerprint density at radius 2 is 1.74 bits per heavy atom. The van der Waals surface area contributed by atoms with Crippen molar-refractivity contribution in [2.75, 3.05) is 5.32 Å². The molecule has 0 unspecified atom stereocenters. The molecule has 1 aromatic rings. The molecule has 0 bridgehead atoms. The summed E-state index contributed by atoms with van der Waals surface area (Å²) < 4.78 is 0. The van der Waals surface area contributed by atoms with Crippen LogP contribution in [-0.2, 0) is 15.0 Å². The zero-order valence-electron chi connectivity index (χ0n) is 11.7. The van der Waals surface area contributed by atoms with Gasteiger partial charge in [-0.05, 0) is 45.4 Å². The molecule has 0 aliphatic carbocycles. The molecule has 0 atom stereocenters. The minimum Gasteiger partial charge on any atom is -0.481 e. The van der Waals surface area contributed by atoms with E-state index in [4.69, 9.17) is 5.11 Å². The highest BCUT2D eigenvalue weighted by atomic mass is 16.4. The number of carboxylic acid groups (broad SMARTS) is 1. The van der Waals surface area contributed by atoms with Crippen LogP contribution in [0.2, 0.25) is 0 Å². The van der Waals surface area contributed by atoms with Gasteiger partial charge in [-0.1, -0.05) is 18.2 Å². The predicted octanol–water partition coefficient (Wildman–Crippen LogP) is 2.95. The van der Waals surface area contributed by atoms with Crippen LogP contribution >= 0.6 is 0 Å². The Hall–Kier alpha value is -2.10. The van der Waals surface area contributed by atoms with Gasteiger partial charge in [0.25, 0.3) is 5.91 Å². The maximum Gasteiger partial charge on any atom is 0.313 e. The molecule has 19 heavy (non-hydrogen) atoms. The number of allylic oxidation sites excluding steroid dienone is 1. The van der Waals surface area contributed by atoms with Gasteiger partial charge in [-0.3, -0.25) is 9.59 Å². The lowest BCUT2D eigenvalue weighted by molar-refractivity contribution is -0.142. The average molecular weight is 261 g/mol. The molecular weight excluding hydrogens is 242 g/mol. The van der Waals surface area contributed by atoms with Crippen molar-refractivity contribution in [2.45, 2.75) is 33.1 Å². The van der Waals surface area contributed by atoms with Crippen molar-refractivity contribution in [1.82, 2.24) is 0 Å². The van der Waals surface area contributed by atoms with Crippen LogP contribution in [0.1, 0.15) is 33.3 Å². The molecule has 2 N–H and O–H groups in total. The second kappa shape index (κ2) is 5.69. The number of hydrogen-bond donors (Lipinski definition) is 2. The van der Waals surface area contributed by atoms with Crippen LogP contribution < -0.4 is 5.32 Å². The summed E-state index contributed by atoms with van der Waals surface area (Å²) in [6, 6.07) is 6.85. The van der Waals surface area contributed by atoms with Gasteiger partial charge in [0.2, 0.25) is 0 Å². The third-order valence-corrected chi connectivity index (χ3v) is 3.19. The number of amides is 1. The molecule has 4 heteroatoms. The second-order valence-electron chi connectivity index (χ2n) is 4.93. The van der Waals surface area contributed by atoms with E-state index >= 15 is 0 Å². The smallest absolute Gasteiger partial charge is 0.313 e. The van der Waals surface area contributed by atoms with Gasteiger partial charge < -0.3 is 10.4 Å². The fourth-order valence-electron chi connectivity index (χ4n) is 1.45. The lowest BCUT2D eigenvalue weighted by Crippen LogP contribution is -2.28. The standard InChI is InChI=1S/C15H19NO3/c1-5-10(2)13(17)16-12-8-6-11(7-9-12)15(3,4)14(18)19/h5-9H,1-4H3,(H,16,17)(H,18,19)/b10-5-. The molecular formula is C15H19NO3. The number of nitrogens with one attached hydrogen (secondary N) is 1. The minimum atomic E-state index is -0.943. The second-order valence-corrected chi connectivity index (χ2v) is 4.93. The SMILES string of the molecule is C/C=C(/C)C(=O)Nc1ccc(C(C)(C)C(=O)O)cc1. The van der Waals surface area contributed by atoms with E-state index in [1.54, 1.807) is 58.0 Å². The van der Waals surface area contributed by atoms with Crippen molar-refractivity contribution in [3.05, 3.63) is 41.5 Å². The van der Waals surface area contributed by atoms with Crippen molar-refractivity contribution >= 4 is 17.6 Å². The summed E-state index contributed by atoms with van der Waals surface area (Å²) in [6.07, 6.45) is 1.73. The highest BCUT2D eigenvalue weighted by molar-refractivity contribution is 6.03. The first kappa shape index (κ1) is 15.0. The fraction of sp³-hybridized carbons (Fsp3) is 0.333. The molecule has 4 nitrogen and oxygen atoms in total. The van der Waals surface area contributed by atoms with E-state index in [-0.39, 0.29) is 5.91 Å². The molecule has 0 fully saturated rings. The quantitative estimate of drug-likeness (QED) is 0.819. The number of carbonyl (C=O) groups excluding carboxylic acids is 1. The van der Waals surface area contributed by atoms with E-state index < -0.39 is 11.4 Å². The van der Waals surface area contributed by atoms with Crippen molar-refractivity contribution in [3.8, 4) is 0 Å². The van der Waals surface area contributed by atoms with Crippen molar-refractivity contribution in [2.24, 2.45) is 0 Å². The van der Waals surface area contributed by atoms with E-state index in [0.717, 1.165) is 0 Å². The fourth-order valence-corrected chi connectivity index (χ4v) is 1.45. The van der Waals surface area contributed by atoms with Crippen LogP contribution in [0.4, 0.5) is 5.69 Å². The molecule has 1 aromatic carbocycles. The lowest BCUT2D eigenvalue weighted by atomic mass is 9.85. The van der Waals surface area contributed by atoms with Gasteiger partial charge in [0.05, 0.1) is 5.41 Å². The van der Waals surface area contributed by atoms with Gasteiger partial charge in [-0.25, -0.2) is 0 Å². The Balaban J connectivity index is 2.89. The Bertz CT molecular complexity index is 513. The van der Waals surface area contributed by atoms with Gasteiger partial charge in [-0.15, -0.1) is 0 Å². The van der Waals surface area contributed by atoms with Crippen LogP contribution in [0.15, 0.2) is 35.9 Å². The number of benzene rings is 1. The third-order valence-electron chi connectivity index (χ3n) is 3.19. The Morgan fingerprint density at radius 1 is 1.21 bits per heavy atom. The van der Waals surface area contributed by atoms with E-state index in [9.17, 15) is 9.59 Å². The first-order valence-electron chi connectivity index (χ1n) is 6.07. The zero-order chi connectivity index (χ0) is 14.6.